The minimum absolute atomic E-state index is 0.136. The summed E-state index contributed by atoms with van der Waals surface area (Å²) < 4.78 is 15.2. The Bertz CT molecular complexity index is 924. The van der Waals surface area contributed by atoms with Crippen molar-refractivity contribution >= 4 is 29.1 Å². The number of benzene rings is 2. The molecule has 0 spiro atoms. The molecule has 122 valence electrons. The Kier molecular flexibility index (Phi) is 4.22. The summed E-state index contributed by atoms with van der Waals surface area (Å²) in [6, 6.07) is 12.4. The number of carboxylic acid groups (broad SMARTS) is 1. The molecule has 7 heteroatoms. The number of nitrogens with one attached hydrogen (secondary N) is 1. The highest BCUT2D eigenvalue weighted by atomic mass is 35.5. The predicted molar refractivity (Wildman–Crippen MR) is 90.0 cm³/mol. The Morgan fingerprint density at radius 1 is 1.25 bits per heavy atom. The molecule has 2 N–H and O–H groups in total. The van der Waals surface area contributed by atoms with Gasteiger partial charge in [-0.05, 0) is 43.3 Å². The van der Waals surface area contributed by atoms with E-state index in [1.807, 2.05) is 13.0 Å². The molecule has 0 fully saturated rings. The van der Waals surface area contributed by atoms with Crippen molar-refractivity contribution in [1.82, 2.24) is 9.78 Å². The van der Waals surface area contributed by atoms with Gasteiger partial charge in [0.05, 0.1) is 16.9 Å². The van der Waals surface area contributed by atoms with E-state index in [0.717, 1.165) is 17.4 Å². The van der Waals surface area contributed by atoms with E-state index in [-0.39, 0.29) is 5.56 Å². The van der Waals surface area contributed by atoms with Gasteiger partial charge in [-0.3, -0.25) is 0 Å². The van der Waals surface area contributed by atoms with Crippen LogP contribution in [0.15, 0.2) is 48.5 Å². The van der Waals surface area contributed by atoms with E-state index in [1.54, 1.807) is 28.9 Å². The molecule has 0 saturated heterocycles. The molecule has 24 heavy (non-hydrogen) atoms. The van der Waals surface area contributed by atoms with Crippen molar-refractivity contribution in [3.63, 3.8) is 0 Å². The van der Waals surface area contributed by atoms with E-state index in [9.17, 15) is 9.18 Å². The monoisotopic (exact) mass is 345 g/mol. The molecule has 5 nitrogen and oxygen atoms in total. The number of carboxylic acids is 1. The third kappa shape index (κ3) is 3.38. The molecular formula is C17H13ClFN3O2. The Hall–Kier alpha value is -2.86. The lowest BCUT2D eigenvalue weighted by molar-refractivity contribution is 0.0696. The van der Waals surface area contributed by atoms with Crippen LogP contribution in [-0.2, 0) is 0 Å². The maximum atomic E-state index is 13.6. The highest BCUT2D eigenvalue weighted by Gasteiger charge is 2.11. The minimum Gasteiger partial charge on any atom is -0.478 e. The Labute approximate surface area is 142 Å². The van der Waals surface area contributed by atoms with Crippen LogP contribution in [0, 0.1) is 12.7 Å². The third-order valence-electron chi connectivity index (χ3n) is 3.30. The van der Waals surface area contributed by atoms with Crippen LogP contribution < -0.4 is 5.32 Å². The van der Waals surface area contributed by atoms with Crippen LogP contribution in [0.3, 0.4) is 0 Å². The summed E-state index contributed by atoms with van der Waals surface area (Å²) in [4.78, 5) is 11.1. The summed E-state index contributed by atoms with van der Waals surface area (Å²) in [5.41, 5.74) is 1.65. The van der Waals surface area contributed by atoms with Crippen molar-refractivity contribution in [2.45, 2.75) is 6.92 Å². The number of nitrogens with zero attached hydrogens (tertiary/aromatic N) is 2. The van der Waals surface area contributed by atoms with Crippen LogP contribution in [0.5, 0.6) is 0 Å². The average Bonchev–Trinajstić information content (AvgIpc) is 2.87. The van der Waals surface area contributed by atoms with Crippen molar-refractivity contribution in [3.05, 3.63) is 70.6 Å². The minimum atomic E-state index is -1.20. The molecule has 2 aromatic carbocycles. The van der Waals surface area contributed by atoms with Gasteiger partial charge in [0.25, 0.3) is 0 Å². The van der Waals surface area contributed by atoms with Gasteiger partial charge in [-0.15, -0.1) is 0 Å². The number of anilines is 2. The number of aromatic nitrogens is 2. The Morgan fingerprint density at radius 3 is 2.75 bits per heavy atom. The summed E-state index contributed by atoms with van der Waals surface area (Å²) in [5.74, 6) is -1.27. The summed E-state index contributed by atoms with van der Waals surface area (Å²) in [6.07, 6.45) is 0. The van der Waals surface area contributed by atoms with Gasteiger partial charge in [0.2, 0.25) is 0 Å². The Morgan fingerprint density at radius 2 is 2.04 bits per heavy atom. The van der Waals surface area contributed by atoms with Gasteiger partial charge in [-0.1, -0.05) is 17.7 Å². The smallest absolute Gasteiger partial charge is 0.335 e. The summed E-state index contributed by atoms with van der Waals surface area (Å²) in [6.45, 7) is 1.82. The fourth-order valence-corrected chi connectivity index (χ4v) is 2.51. The highest BCUT2D eigenvalue weighted by Crippen LogP contribution is 2.24. The first kappa shape index (κ1) is 16.0. The van der Waals surface area contributed by atoms with Crippen LogP contribution >= 0.6 is 11.6 Å². The van der Waals surface area contributed by atoms with Gasteiger partial charge in [0, 0.05) is 16.8 Å². The molecule has 1 heterocycles. The molecule has 0 radical (unpaired) electrons. The van der Waals surface area contributed by atoms with Crippen molar-refractivity contribution in [2.75, 3.05) is 5.32 Å². The molecule has 0 amide bonds. The zero-order valence-corrected chi connectivity index (χ0v) is 13.4. The molecule has 1 aromatic heterocycles. The SMILES string of the molecule is Cc1cc(Nc2cc(F)cc(C(=O)O)c2)n(-c2cccc(Cl)c2)n1. The number of halogens is 2. The van der Waals surface area contributed by atoms with Crippen LogP contribution in [0.1, 0.15) is 16.1 Å². The molecule has 0 aliphatic heterocycles. The normalized spacial score (nSPS) is 10.6. The van der Waals surface area contributed by atoms with Gasteiger partial charge in [-0.25, -0.2) is 13.9 Å². The second-order valence-corrected chi connectivity index (χ2v) is 5.66. The first-order chi connectivity index (χ1) is 11.4. The number of hydrogen-bond acceptors (Lipinski definition) is 3. The van der Waals surface area contributed by atoms with Gasteiger partial charge in [0.15, 0.2) is 0 Å². The van der Waals surface area contributed by atoms with Crippen molar-refractivity contribution in [3.8, 4) is 5.69 Å². The quantitative estimate of drug-likeness (QED) is 0.734. The van der Waals surface area contributed by atoms with E-state index in [0.29, 0.717) is 16.5 Å². The van der Waals surface area contributed by atoms with E-state index >= 15 is 0 Å². The zero-order chi connectivity index (χ0) is 17.3. The fraction of sp³-hybridized carbons (Fsp3) is 0.0588. The van der Waals surface area contributed by atoms with E-state index < -0.39 is 11.8 Å². The van der Waals surface area contributed by atoms with Gasteiger partial charge < -0.3 is 10.4 Å². The van der Waals surface area contributed by atoms with Crippen LogP contribution in [0.2, 0.25) is 5.02 Å². The molecule has 0 saturated carbocycles. The zero-order valence-electron chi connectivity index (χ0n) is 12.6. The first-order valence-electron chi connectivity index (χ1n) is 7.06. The summed E-state index contributed by atoms with van der Waals surface area (Å²) in [7, 11) is 0. The Balaban J connectivity index is 2.01. The molecule has 0 unspecified atom stereocenters. The van der Waals surface area contributed by atoms with Gasteiger partial charge >= 0.3 is 5.97 Å². The van der Waals surface area contributed by atoms with Crippen molar-refractivity contribution in [2.24, 2.45) is 0 Å². The summed E-state index contributed by atoms with van der Waals surface area (Å²) >= 11 is 6.01. The molecule has 3 rings (SSSR count). The van der Waals surface area contributed by atoms with Crippen LogP contribution in [0.25, 0.3) is 5.69 Å². The largest absolute Gasteiger partial charge is 0.478 e. The number of aromatic carboxylic acids is 1. The molecule has 3 aromatic rings. The molecule has 0 aliphatic rings. The van der Waals surface area contributed by atoms with E-state index in [4.69, 9.17) is 16.7 Å². The van der Waals surface area contributed by atoms with E-state index in [2.05, 4.69) is 10.4 Å². The average molecular weight is 346 g/mol. The first-order valence-corrected chi connectivity index (χ1v) is 7.44. The van der Waals surface area contributed by atoms with Gasteiger partial charge in [0.1, 0.15) is 11.6 Å². The number of aryl methyl sites for hydroxylation is 1. The highest BCUT2D eigenvalue weighted by molar-refractivity contribution is 6.30. The number of hydrogen-bond donors (Lipinski definition) is 2. The maximum absolute atomic E-state index is 13.6. The lowest BCUT2D eigenvalue weighted by Gasteiger charge is -2.11. The lowest BCUT2D eigenvalue weighted by Crippen LogP contribution is -2.04. The second kappa shape index (κ2) is 6.33. The van der Waals surface area contributed by atoms with Crippen molar-refractivity contribution < 1.29 is 14.3 Å². The maximum Gasteiger partial charge on any atom is 0.335 e. The number of carbonyl (C=O) groups is 1. The lowest BCUT2D eigenvalue weighted by atomic mass is 10.2. The third-order valence-corrected chi connectivity index (χ3v) is 3.54. The van der Waals surface area contributed by atoms with Crippen LogP contribution in [0.4, 0.5) is 15.9 Å². The molecule has 0 atom stereocenters. The molecule has 0 bridgehead atoms. The number of rotatable bonds is 4. The second-order valence-electron chi connectivity index (χ2n) is 5.22. The molecule has 0 aliphatic carbocycles. The predicted octanol–water partition coefficient (Wildman–Crippen LogP) is 4.42. The van der Waals surface area contributed by atoms with Gasteiger partial charge in [-0.2, -0.15) is 5.10 Å². The molecular weight excluding hydrogens is 333 g/mol. The summed E-state index contributed by atoms with van der Waals surface area (Å²) in [5, 5.41) is 17.0. The van der Waals surface area contributed by atoms with E-state index in [1.165, 1.54) is 12.1 Å². The van der Waals surface area contributed by atoms with Crippen molar-refractivity contribution in [1.29, 1.82) is 0 Å². The van der Waals surface area contributed by atoms with Crippen LogP contribution in [-0.4, -0.2) is 20.9 Å². The topological polar surface area (TPSA) is 67.2 Å². The standard InChI is InChI=1S/C17H13ClFN3O2/c1-10-5-16(22(21-10)15-4-2-3-12(18)8-15)20-14-7-11(17(23)24)6-13(19)9-14/h2-9,20H,1H3,(H,23,24). The fourth-order valence-electron chi connectivity index (χ4n) is 2.33.